The van der Waals surface area contributed by atoms with Crippen LogP contribution >= 0.6 is 11.6 Å². The first-order chi connectivity index (χ1) is 9.20. The van der Waals surface area contributed by atoms with E-state index in [0.29, 0.717) is 24.8 Å². The predicted molar refractivity (Wildman–Crippen MR) is 74.4 cm³/mol. The van der Waals surface area contributed by atoms with Gasteiger partial charge in [0.25, 0.3) is 0 Å². The fourth-order valence-electron chi connectivity index (χ4n) is 2.17. The Morgan fingerprint density at radius 1 is 1.63 bits per heavy atom. The van der Waals surface area contributed by atoms with Crippen molar-refractivity contribution >= 4 is 23.3 Å². The summed E-state index contributed by atoms with van der Waals surface area (Å²) in [6.07, 6.45) is 0.858. The molecule has 2 rings (SSSR count). The molecule has 2 atom stereocenters. The fourth-order valence-corrected chi connectivity index (χ4v) is 2.37. The highest BCUT2D eigenvalue weighted by Crippen LogP contribution is 2.23. The molecule has 1 fully saturated rings. The van der Waals surface area contributed by atoms with Crippen LogP contribution in [-0.4, -0.2) is 31.8 Å². The van der Waals surface area contributed by atoms with Gasteiger partial charge in [0.1, 0.15) is 6.04 Å². The second-order valence-corrected chi connectivity index (χ2v) is 4.94. The lowest BCUT2D eigenvalue weighted by Gasteiger charge is -2.23. The highest BCUT2D eigenvalue weighted by atomic mass is 35.5. The molecule has 0 saturated carbocycles. The van der Waals surface area contributed by atoms with Crippen LogP contribution in [0.2, 0.25) is 5.02 Å². The zero-order valence-corrected chi connectivity index (χ0v) is 11.7. The van der Waals surface area contributed by atoms with E-state index in [1.165, 1.54) is 0 Å². The normalized spacial score (nSPS) is 20.0. The maximum Gasteiger partial charge on any atom is 0.328 e. The minimum absolute atomic E-state index is 0.137. The van der Waals surface area contributed by atoms with Gasteiger partial charge < -0.3 is 14.8 Å². The molecule has 104 valence electrons. The highest BCUT2D eigenvalue weighted by Gasteiger charge is 2.32. The summed E-state index contributed by atoms with van der Waals surface area (Å²) < 4.78 is 10.5. The zero-order valence-electron chi connectivity index (χ0n) is 10.9. The molecule has 0 aliphatic carbocycles. The lowest BCUT2D eigenvalue weighted by atomic mass is 9.98. The second-order valence-electron chi connectivity index (χ2n) is 4.51. The van der Waals surface area contributed by atoms with Crippen molar-refractivity contribution in [2.75, 3.05) is 25.1 Å². The number of benzene rings is 1. The Bertz CT molecular complexity index is 432. The molecule has 1 aromatic carbocycles. The molecule has 5 heteroatoms. The average molecular weight is 284 g/mol. The molecule has 1 saturated heterocycles. The van der Waals surface area contributed by atoms with Gasteiger partial charge in [0.05, 0.1) is 13.2 Å². The van der Waals surface area contributed by atoms with Gasteiger partial charge in [-0.2, -0.15) is 0 Å². The predicted octanol–water partition coefficient (Wildman–Crippen LogP) is 2.72. The lowest BCUT2D eigenvalue weighted by molar-refractivity contribution is -0.145. The molecule has 0 bridgehead atoms. The Morgan fingerprint density at radius 3 is 3.11 bits per heavy atom. The fraction of sp³-hybridized carbons (Fsp3) is 0.500. The first-order valence-corrected chi connectivity index (χ1v) is 6.85. The van der Waals surface area contributed by atoms with E-state index in [1.807, 2.05) is 12.1 Å². The molecule has 1 aromatic rings. The molecule has 0 aromatic heterocycles. The molecule has 1 N–H and O–H groups in total. The summed E-state index contributed by atoms with van der Waals surface area (Å²) in [4.78, 5) is 12.0. The van der Waals surface area contributed by atoms with E-state index >= 15 is 0 Å². The van der Waals surface area contributed by atoms with Crippen LogP contribution in [0.1, 0.15) is 13.3 Å². The van der Waals surface area contributed by atoms with Gasteiger partial charge in [0.15, 0.2) is 0 Å². The Kier molecular flexibility index (Phi) is 5.05. The van der Waals surface area contributed by atoms with Crippen molar-refractivity contribution in [1.82, 2.24) is 0 Å². The van der Waals surface area contributed by atoms with Crippen LogP contribution < -0.4 is 5.32 Å². The number of anilines is 1. The number of ether oxygens (including phenoxy) is 2. The third kappa shape index (κ3) is 3.85. The highest BCUT2D eigenvalue weighted by molar-refractivity contribution is 6.30. The minimum atomic E-state index is -0.388. The standard InChI is InChI=1S/C14H18ClNO3/c1-2-19-14(17)13(10-6-7-18-9-10)16-12-5-3-4-11(15)8-12/h3-5,8,10,13,16H,2,6-7,9H2,1H3. The minimum Gasteiger partial charge on any atom is -0.464 e. The van der Waals surface area contributed by atoms with Crippen molar-refractivity contribution in [2.45, 2.75) is 19.4 Å². The quantitative estimate of drug-likeness (QED) is 0.844. The summed E-state index contributed by atoms with van der Waals surface area (Å²) in [6, 6.07) is 6.93. The van der Waals surface area contributed by atoms with Gasteiger partial charge in [-0.3, -0.25) is 0 Å². The van der Waals surface area contributed by atoms with E-state index in [0.717, 1.165) is 12.1 Å². The number of rotatable bonds is 5. The smallest absolute Gasteiger partial charge is 0.328 e. The Balaban J connectivity index is 2.10. The first kappa shape index (κ1) is 14.2. The van der Waals surface area contributed by atoms with E-state index in [1.54, 1.807) is 19.1 Å². The van der Waals surface area contributed by atoms with E-state index in [-0.39, 0.29) is 17.9 Å². The number of hydrogen-bond acceptors (Lipinski definition) is 4. The van der Waals surface area contributed by atoms with Gasteiger partial charge in [-0.25, -0.2) is 4.79 Å². The van der Waals surface area contributed by atoms with Crippen molar-refractivity contribution in [2.24, 2.45) is 5.92 Å². The summed E-state index contributed by atoms with van der Waals surface area (Å²) in [6.45, 7) is 3.45. The number of hydrogen-bond donors (Lipinski definition) is 1. The van der Waals surface area contributed by atoms with Crippen LogP contribution in [0, 0.1) is 5.92 Å². The van der Waals surface area contributed by atoms with Gasteiger partial charge in [0, 0.05) is 23.2 Å². The van der Waals surface area contributed by atoms with Crippen molar-refractivity contribution in [1.29, 1.82) is 0 Å². The van der Waals surface area contributed by atoms with Crippen molar-refractivity contribution in [3.63, 3.8) is 0 Å². The maximum absolute atomic E-state index is 12.0. The molecule has 4 nitrogen and oxygen atoms in total. The molecular formula is C14H18ClNO3. The van der Waals surface area contributed by atoms with Crippen LogP contribution in [0.15, 0.2) is 24.3 Å². The molecule has 2 unspecified atom stereocenters. The number of halogens is 1. The Hall–Kier alpha value is -1.26. The number of nitrogens with one attached hydrogen (secondary N) is 1. The number of esters is 1. The SMILES string of the molecule is CCOC(=O)C(Nc1cccc(Cl)c1)C1CCOC1. The van der Waals surface area contributed by atoms with E-state index in [4.69, 9.17) is 21.1 Å². The zero-order chi connectivity index (χ0) is 13.7. The van der Waals surface area contributed by atoms with Crippen LogP contribution in [0.25, 0.3) is 0 Å². The summed E-state index contributed by atoms with van der Waals surface area (Å²) in [7, 11) is 0. The molecule has 1 aliphatic rings. The molecule has 19 heavy (non-hydrogen) atoms. The van der Waals surface area contributed by atoms with Gasteiger partial charge in [0.2, 0.25) is 0 Å². The Labute approximate surface area is 118 Å². The van der Waals surface area contributed by atoms with Gasteiger partial charge in [-0.1, -0.05) is 17.7 Å². The van der Waals surface area contributed by atoms with E-state index in [9.17, 15) is 4.79 Å². The largest absolute Gasteiger partial charge is 0.464 e. The topological polar surface area (TPSA) is 47.6 Å². The average Bonchev–Trinajstić information content (AvgIpc) is 2.90. The maximum atomic E-state index is 12.0. The summed E-state index contributed by atoms with van der Waals surface area (Å²) >= 11 is 5.95. The molecule has 1 aliphatic heterocycles. The van der Waals surface area contributed by atoms with E-state index in [2.05, 4.69) is 5.32 Å². The number of carbonyl (C=O) groups is 1. The van der Waals surface area contributed by atoms with Crippen LogP contribution in [0.3, 0.4) is 0 Å². The van der Waals surface area contributed by atoms with Crippen molar-refractivity contribution < 1.29 is 14.3 Å². The Morgan fingerprint density at radius 2 is 2.47 bits per heavy atom. The summed E-state index contributed by atoms with van der Waals surface area (Å²) in [5.41, 5.74) is 0.817. The molecule has 1 heterocycles. The van der Waals surface area contributed by atoms with Gasteiger partial charge >= 0.3 is 5.97 Å². The monoisotopic (exact) mass is 283 g/mol. The first-order valence-electron chi connectivity index (χ1n) is 6.47. The molecular weight excluding hydrogens is 266 g/mol. The number of carbonyl (C=O) groups excluding carboxylic acids is 1. The van der Waals surface area contributed by atoms with Crippen molar-refractivity contribution in [3.8, 4) is 0 Å². The third-order valence-corrected chi connectivity index (χ3v) is 3.36. The van der Waals surface area contributed by atoms with Gasteiger partial charge in [-0.15, -0.1) is 0 Å². The summed E-state index contributed by atoms with van der Waals surface area (Å²) in [5.74, 6) is -0.101. The molecule has 0 spiro atoms. The third-order valence-electron chi connectivity index (χ3n) is 3.12. The van der Waals surface area contributed by atoms with E-state index < -0.39 is 0 Å². The molecule has 0 amide bonds. The second kappa shape index (κ2) is 6.78. The van der Waals surface area contributed by atoms with Crippen molar-refractivity contribution in [3.05, 3.63) is 29.3 Å². The van der Waals surface area contributed by atoms with Crippen LogP contribution in [0.5, 0.6) is 0 Å². The van der Waals surface area contributed by atoms with Gasteiger partial charge in [-0.05, 0) is 31.5 Å². The summed E-state index contributed by atoms with van der Waals surface area (Å²) in [5, 5.41) is 3.84. The molecule has 0 radical (unpaired) electrons. The van der Waals surface area contributed by atoms with Crippen LogP contribution in [0.4, 0.5) is 5.69 Å². The lowest BCUT2D eigenvalue weighted by Crippen LogP contribution is -2.38. The van der Waals surface area contributed by atoms with Crippen LogP contribution in [-0.2, 0) is 14.3 Å².